The second-order valence-corrected chi connectivity index (χ2v) is 7.79. The van der Waals surface area contributed by atoms with Gasteiger partial charge in [0.05, 0.1) is 6.42 Å². The third-order valence-electron chi connectivity index (χ3n) is 3.93. The molecule has 0 saturated carbocycles. The molecule has 0 fully saturated rings. The Morgan fingerprint density at radius 1 is 1.14 bits per heavy atom. The van der Waals surface area contributed by atoms with Crippen LogP contribution in [0.5, 0.6) is 0 Å². The van der Waals surface area contributed by atoms with Crippen LogP contribution in [-0.4, -0.2) is 38.0 Å². The van der Waals surface area contributed by atoms with Crippen LogP contribution in [0, 0.1) is 12.7 Å². The molecule has 0 bridgehead atoms. The molecule has 0 aliphatic rings. The molecule has 1 unspecified atom stereocenters. The molecular formula is C20H28FIN4OS. The minimum atomic E-state index is -0.300. The lowest BCUT2D eigenvalue weighted by atomic mass is 10.1. The van der Waals surface area contributed by atoms with E-state index >= 15 is 0 Å². The zero-order valence-corrected chi connectivity index (χ0v) is 19.6. The highest BCUT2D eigenvalue weighted by atomic mass is 127. The lowest BCUT2D eigenvalue weighted by Gasteiger charge is -2.17. The van der Waals surface area contributed by atoms with Gasteiger partial charge in [0.15, 0.2) is 5.96 Å². The first kappa shape index (κ1) is 24.4. The first-order chi connectivity index (χ1) is 13.0. The number of carbonyl (C=O) groups is 1. The molecule has 0 aliphatic carbocycles. The summed E-state index contributed by atoms with van der Waals surface area (Å²) in [4.78, 5) is 18.8. The summed E-state index contributed by atoms with van der Waals surface area (Å²) in [5.74, 6) is 0.321. The van der Waals surface area contributed by atoms with E-state index in [1.807, 2.05) is 11.3 Å². The highest BCUT2D eigenvalue weighted by molar-refractivity contribution is 14.0. The van der Waals surface area contributed by atoms with E-state index in [1.54, 1.807) is 19.2 Å². The van der Waals surface area contributed by atoms with E-state index in [1.165, 1.54) is 21.9 Å². The third-order valence-corrected chi connectivity index (χ3v) is 4.95. The number of hydrogen-bond acceptors (Lipinski definition) is 3. The number of hydrogen-bond donors (Lipinski definition) is 3. The molecular weight excluding hydrogens is 490 g/mol. The topological polar surface area (TPSA) is 65.5 Å². The first-order valence-electron chi connectivity index (χ1n) is 9.00. The molecule has 1 amide bonds. The maximum atomic E-state index is 12.9. The number of rotatable bonds is 8. The number of carbonyl (C=O) groups excluding carboxylic acids is 1. The molecule has 0 aliphatic heterocycles. The Morgan fingerprint density at radius 2 is 1.82 bits per heavy atom. The highest BCUT2D eigenvalue weighted by Crippen LogP contribution is 2.16. The van der Waals surface area contributed by atoms with E-state index in [9.17, 15) is 9.18 Å². The number of aliphatic imine (C=N–C) groups is 1. The van der Waals surface area contributed by atoms with Gasteiger partial charge in [-0.3, -0.25) is 9.79 Å². The molecule has 5 nitrogen and oxygen atoms in total. The molecule has 1 atom stereocenters. The number of benzene rings is 1. The number of guanidine groups is 1. The van der Waals surface area contributed by atoms with Crippen LogP contribution < -0.4 is 16.0 Å². The van der Waals surface area contributed by atoms with E-state index < -0.39 is 0 Å². The summed E-state index contributed by atoms with van der Waals surface area (Å²) in [6.45, 7) is 5.28. The fourth-order valence-electron chi connectivity index (χ4n) is 2.61. The summed E-state index contributed by atoms with van der Waals surface area (Å²) in [6, 6.07) is 10.5. The van der Waals surface area contributed by atoms with Crippen LogP contribution in [0.25, 0.3) is 0 Å². The average Bonchev–Trinajstić information content (AvgIpc) is 3.04. The van der Waals surface area contributed by atoms with Crippen molar-refractivity contribution >= 4 is 47.2 Å². The summed E-state index contributed by atoms with van der Waals surface area (Å²) in [5.41, 5.74) is 0.789. The van der Waals surface area contributed by atoms with Gasteiger partial charge in [0.25, 0.3) is 0 Å². The van der Waals surface area contributed by atoms with Crippen molar-refractivity contribution in [2.45, 2.75) is 32.7 Å². The zero-order chi connectivity index (χ0) is 19.6. The molecule has 1 aromatic carbocycles. The van der Waals surface area contributed by atoms with Crippen molar-refractivity contribution in [3.8, 4) is 0 Å². The predicted molar refractivity (Wildman–Crippen MR) is 125 cm³/mol. The quantitative estimate of drug-likeness (QED) is 0.218. The van der Waals surface area contributed by atoms with Gasteiger partial charge >= 0.3 is 0 Å². The maximum Gasteiger partial charge on any atom is 0.224 e. The zero-order valence-electron chi connectivity index (χ0n) is 16.4. The van der Waals surface area contributed by atoms with Crippen LogP contribution in [0.15, 0.2) is 41.4 Å². The molecule has 0 spiro atoms. The normalized spacial score (nSPS) is 12.1. The Balaban J connectivity index is 0.00000392. The standard InChI is InChI=1S/C20H27FN4OS.HI/c1-14(12-18-9-4-15(2)27-18)25-20(22-3)24-11-10-23-19(26)13-16-5-7-17(21)8-6-16;/h4-9,14H,10-13H2,1-3H3,(H,23,26)(H2,22,24,25);1H. The van der Waals surface area contributed by atoms with Crippen LogP contribution in [0.1, 0.15) is 22.2 Å². The molecule has 0 radical (unpaired) electrons. The third kappa shape index (κ3) is 9.01. The second-order valence-electron chi connectivity index (χ2n) is 6.41. The average molecular weight is 518 g/mol. The number of nitrogens with one attached hydrogen (secondary N) is 3. The van der Waals surface area contributed by atoms with Crippen molar-refractivity contribution in [2.75, 3.05) is 20.1 Å². The Labute approximate surface area is 187 Å². The van der Waals surface area contributed by atoms with Gasteiger partial charge < -0.3 is 16.0 Å². The van der Waals surface area contributed by atoms with Crippen molar-refractivity contribution in [1.29, 1.82) is 0 Å². The fraction of sp³-hybridized carbons (Fsp3) is 0.400. The van der Waals surface area contributed by atoms with E-state index in [0.717, 1.165) is 12.0 Å². The Morgan fingerprint density at radius 3 is 2.43 bits per heavy atom. The largest absolute Gasteiger partial charge is 0.355 e. The molecule has 1 aromatic heterocycles. The van der Waals surface area contributed by atoms with Crippen LogP contribution in [-0.2, 0) is 17.6 Å². The predicted octanol–water partition coefficient (Wildman–Crippen LogP) is 3.27. The maximum absolute atomic E-state index is 12.9. The highest BCUT2D eigenvalue weighted by Gasteiger charge is 2.08. The van der Waals surface area contributed by atoms with Crippen molar-refractivity contribution in [3.05, 3.63) is 57.5 Å². The summed E-state index contributed by atoms with van der Waals surface area (Å²) in [6.07, 6.45) is 1.18. The lowest BCUT2D eigenvalue weighted by Crippen LogP contribution is -2.45. The number of aryl methyl sites for hydroxylation is 1. The number of thiophene rings is 1. The van der Waals surface area contributed by atoms with E-state index in [4.69, 9.17) is 0 Å². The van der Waals surface area contributed by atoms with Crippen LogP contribution in [0.2, 0.25) is 0 Å². The van der Waals surface area contributed by atoms with Gasteiger partial charge in [-0.1, -0.05) is 12.1 Å². The van der Waals surface area contributed by atoms with Crippen LogP contribution >= 0.6 is 35.3 Å². The fourth-order valence-corrected chi connectivity index (χ4v) is 3.63. The monoisotopic (exact) mass is 518 g/mol. The summed E-state index contributed by atoms with van der Waals surface area (Å²) in [7, 11) is 1.73. The van der Waals surface area contributed by atoms with Crippen molar-refractivity contribution in [3.63, 3.8) is 0 Å². The molecule has 0 saturated heterocycles. The molecule has 2 aromatic rings. The molecule has 1 heterocycles. The van der Waals surface area contributed by atoms with Crippen molar-refractivity contribution < 1.29 is 9.18 Å². The second kappa shape index (κ2) is 12.7. The van der Waals surface area contributed by atoms with Crippen molar-refractivity contribution in [2.24, 2.45) is 4.99 Å². The Kier molecular flexibility index (Phi) is 11.1. The summed E-state index contributed by atoms with van der Waals surface area (Å²) < 4.78 is 12.9. The smallest absolute Gasteiger partial charge is 0.224 e. The number of amides is 1. The van der Waals surface area contributed by atoms with E-state index in [2.05, 4.69) is 46.9 Å². The first-order valence-corrected chi connectivity index (χ1v) is 9.81. The van der Waals surface area contributed by atoms with Gasteiger partial charge in [0.1, 0.15) is 5.82 Å². The molecule has 28 heavy (non-hydrogen) atoms. The van der Waals surface area contributed by atoms with Gasteiger partial charge in [-0.2, -0.15) is 0 Å². The van der Waals surface area contributed by atoms with Gasteiger partial charge in [-0.25, -0.2) is 4.39 Å². The van der Waals surface area contributed by atoms with Crippen LogP contribution in [0.4, 0.5) is 4.39 Å². The Hall–Kier alpha value is -1.68. The Bertz CT molecular complexity index is 764. The number of halogens is 2. The van der Waals surface area contributed by atoms with Gasteiger partial charge in [0.2, 0.25) is 5.91 Å². The minimum Gasteiger partial charge on any atom is -0.355 e. The minimum absolute atomic E-state index is 0. The number of nitrogens with zero attached hydrogens (tertiary/aromatic N) is 1. The molecule has 3 N–H and O–H groups in total. The lowest BCUT2D eigenvalue weighted by molar-refractivity contribution is -0.120. The van der Waals surface area contributed by atoms with Crippen LogP contribution in [0.3, 0.4) is 0 Å². The van der Waals surface area contributed by atoms with E-state index in [-0.39, 0.29) is 48.2 Å². The summed E-state index contributed by atoms with van der Waals surface area (Å²) >= 11 is 1.81. The molecule has 2 rings (SSSR count). The molecule has 154 valence electrons. The van der Waals surface area contributed by atoms with Gasteiger partial charge in [-0.05, 0) is 43.7 Å². The van der Waals surface area contributed by atoms with Crippen molar-refractivity contribution in [1.82, 2.24) is 16.0 Å². The summed E-state index contributed by atoms with van der Waals surface area (Å²) in [5, 5.41) is 9.40. The van der Waals surface area contributed by atoms with Gasteiger partial charge in [0, 0.05) is 42.4 Å². The van der Waals surface area contributed by atoms with E-state index in [0.29, 0.717) is 19.0 Å². The SMILES string of the molecule is CN=C(NCCNC(=O)Cc1ccc(F)cc1)NC(C)Cc1ccc(C)s1.I. The van der Waals surface area contributed by atoms with Gasteiger partial charge in [-0.15, -0.1) is 35.3 Å². The molecule has 8 heteroatoms.